The molecule has 94 valence electrons. The summed E-state index contributed by atoms with van der Waals surface area (Å²) in [5.74, 6) is 6.48. The minimum absolute atomic E-state index is 0.264. The molecule has 0 saturated carbocycles. The van der Waals surface area contributed by atoms with Crippen LogP contribution in [0.15, 0.2) is 6.20 Å². The second-order valence-corrected chi connectivity index (χ2v) is 4.45. The summed E-state index contributed by atoms with van der Waals surface area (Å²) in [5, 5.41) is 3.77. The van der Waals surface area contributed by atoms with Gasteiger partial charge in [-0.25, -0.2) is 20.6 Å². The third-order valence-corrected chi connectivity index (χ3v) is 2.52. The van der Waals surface area contributed by atoms with E-state index in [1.165, 1.54) is 0 Å². The molecular formula is C9H15IN6O. The fourth-order valence-electron chi connectivity index (χ4n) is 1.11. The van der Waals surface area contributed by atoms with E-state index in [-0.39, 0.29) is 12.6 Å². The van der Waals surface area contributed by atoms with Crippen LogP contribution in [0.1, 0.15) is 11.4 Å². The van der Waals surface area contributed by atoms with E-state index in [2.05, 4.69) is 37.9 Å². The van der Waals surface area contributed by atoms with Crippen molar-refractivity contribution in [3.05, 3.63) is 17.6 Å². The van der Waals surface area contributed by atoms with Gasteiger partial charge in [-0.05, 0) is 6.92 Å². The normalized spacial score (nSPS) is 10.1. The molecule has 0 fully saturated rings. The maximum absolute atomic E-state index is 11.5. The zero-order valence-electron chi connectivity index (χ0n) is 9.48. The molecule has 1 aromatic heterocycles. The van der Waals surface area contributed by atoms with E-state index in [0.29, 0.717) is 23.8 Å². The number of carbonyl (C=O) groups excluding carboxylic acids is 1. The highest BCUT2D eigenvalue weighted by molar-refractivity contribution is 14.1. The summed E-state index contributed by atoms with van der Waals surface area (Å²) in [6, 6.07) is -0.346. The fraction of sp³-hybridized carbons (Fsp3) is 0.444. The van der Waals surface area contributed by atoms with Crippen molar-refractivity contribution in [3.8, 4) is 0 Å². The number of aryl methyl sites for hydroxylation is 1. The predicted octanol–water partition coefficient (Wildman–Crippen LogP) is 0.188. The molecular weight excluding hydrogens is 335 g/mol. The summed E-state index contributed by atoms with van der Waals surface area (Å²) in [7, 11) is 0. The number of alkyl halides is 1. The zero-order chi connectivity index (χ0) is 12.8. The smallest absolute Gasteiger partial charge is 0.331 e. The van der Waals surface area contributed by atoms with Crippen molar-refractivity contribution in [3.63, 3.8) is 0 Å². The first-order valence-corrected chi connectivity index (χ1v) is 6.51. The molecule has 0 aliphatic carbocycles. The Morgan fingerprint density at radius 1 is 1.65 bits per heavy atom. The maximum Gasteiger partial charge on any atom is 0.331 e. The number of hydrogen-bond acceptors (Lipinski definition) is 5. The molecule has 8 heteroatoms. The number of anilines is 1. The van der Waals surface area contributed by atoms with Crippen LogP contribution < -0.4 is 16.9 Å². The highest BCUT2D eigenvalue weighted by atomic mass is 127. The molecule has 5 N–H and O–H groups in total. The molecule has 0 aliphatic rings. The van der Waals surface area contributed by atoms with Crippen LogP contribution in [-0.4, -0.2) is 32.0 Å². The van der Waals surface area contributed by atoms with Gasteiger partial charge in [0.25, 0.3) is 0 Å². The van der Waals surface area contributed by atoms with Crippen LogP contribution in [0.25, 0.3) is 0 Å². The van der Waals surface area contributed by atoms with Crippen molar-refractivity contribution in [2.45, 2.75) is 13.5 Å². The number of hydrazine groups is 1. The lowest BCUT2D eigenvalue weighted by atomic mass is 10.3. The summed E-state index contributed by atoms with van der Waals surface area (Å²) in [5.41, 5.74) is 6.37. The summed E-state index contributed by atoms with van der Waals surface area (Å²) in [6.07, 6.45) is 1.59. The SMILES string of the molecule is Cc1ncc(CNC(=O)N(N)CCI)c(N)n1. The zero-order valence-corrected chi connectivity index (χ0v) is 11.6. The van der Waals surface area contributed by atoms with E-state index < -0.39 is 0 Å². The average molecular weight is 350 g/mol. The first-order chi connectivity index (χ1) is 8.04. The van der Waals surface area contributed by atoms with Crippen LogP contribution in [0.3, 0.4) is 0 Å². The molecule has 2 amide bonds. The Kier molecular flexibility index (Phi) is 5.35. The highest BCUT2D eigenvalue weighted by Gasteiger charge is 2.09. The third-order valence-electron chi connectivity index (χ3n) is 2.03. The summed E-state index contributed by atoms with van der Waals surface area (Å²) >= 11 is 2.14. The number of rotatable bonds is 4. The Hall–Kier alpha value is -1.16. The number of halogens is 1. The van der Waals surface area contributed by atoms with Gasteiger partial charge in [-0.3, -0.25) is 5.01 Å². The molecule has 0 unspecified atom stereocenters. The minimum Gasteiger partial charge on any atom is -0.383 e. The van der Waals surface area contributed by atoms with Gasteiger partial charge in [0.2, 0.25) is 0 Å². The van der Waals surface area contributed by atoms with Crippen molar-refractivity contribution < 1.29 is 4.79 Å². The van der Waals surface area contributed by atoms with E-state index in [1.54, 1.807) is 13.1 Å². The molecule has 0 saturated heterocycles. The Bertz CT molecular complexity index is 399. The molecule has 7 nitrogen and oxygen atoms in total. The van der Waals surface area contributed by atoms with Gasteiger partial charge in [-0.2, -0.15) is 0 Å². The van der Waals surface area contributed by atoms with Crippen molar-refractivity contribution in [2.24, 2.45) is 5.84 Å². The van der Waals surface area contributed by atoms with Crippen molar-refractivity contribution in [2.75, 3.05) is 16.7 Å². The lowest BCUT2D eigenvalue weighted by molar-refractivity contribution is 0.202. The number of amides is 2. The van der Waals surface area contributed by atoms with Crippen LogP contribution in [0.2, 0.25) is 0 Å². The van der Waals surface area contributed by atoms with E-state index >= 15 is 0 Å². The molecule has 1 rings (SSSR count). The number of urea groups is 1. The first kappa shape index (κ1) is 13.9. The topological polar surface area (TPSA) is 110 Å². The van der Waals surface area contributed by atoms with Gasteiger partial charge in [0.15, 0.2) is 0 Å². The Balaban J connectivity index is 2.53. The number of nitrogen functional groups attached to an aromatic ring is 1. The summed E-state index contributed by atoms with van der Waals surface area (Å²) < 4.78 is 0.775. The lowest BCUT2D eigenvalue weighted by Gasteiger charge is -2.16. The molecule has 0 aliphatic heterocycles. The van der Waals surface area contributed by atoms with Crippen LogP contribution in [0, 0.1) is 6.92 Å². The van der Waals surface area contributed by atoms with E-state index in [4.69, 9.17) is 11.6 Å². The number of hydrogen-bond donors (Lipinski definition) is 3. The van der Waals surface area contributed by atoms with Crippen LogP contribution >= 0.6 is 22.6 Å². The Morgan fingerprint density at radius 3 is 2.94 bits per heavy atom. The number of aromatic nitrogens is 2. The third kappa shape index (κ3) is 4.30. The second-order valence-electron chi connectivity index (χ2n) is 3.37. The van der Waals surface area contributed by atoms with E-state index in [0.717, 1.165) is 9.44 Å². The van der Waals surface area contributed by atoms with Gasteiger partial charge in [-0.15, -0.1) is 0 Å². The molecule has 1 aromatic rings. The van der Waals surface area contributed by atoms with Crippen LogP contribution in [0.4, 0.5) is 10.6 Å². The van der Waals surface area contributed by atoms with Gasteiger partial charge in [0.05, 0.1) is 0 Å². The lowest BCUT2D eigenvalue weighted by Crippen LogP contribution is -2.45. The quantitative estimate of drug-likeness (QED) is 0.236. The summed E-state index contributed by atoms with van der Waals surface area (Å²) in [6.45, 7) is 2.51. The number of nitrogens with two attached hydrogens (primary N) is 2. The Morgan fingerprint density at radius 2 is 2.35 bits per heavy atom. The van der Waals surface area contributed by atoms with Crippen molar-refractivity contribution in [1.82, 2.24) is 20.3 Å². The van der Waals surface area contributed by atoms with E-state index in [1.807, 2.05) is 0 Å². The Labute approximate surface area is 113 Å². The molecule has 1 heterocycles. The first-order valence-electron chi connectivity index (χ1n) is 4.98. The highest BCUT2D eigenvalue weighted by Crippen LogP contribution is 2.06. The maximum atomic E-state index is 11.5. The van der Waals surface area contributed by atoms with Crippen molar-refractivity contribution in [1.29, 1.82) is 0 Å². The minimum atomic E-state index is -0.346. The van der Waals surface area contributed by atoms with Gasteiger partial charge >= 0.3 is 6.03 Å². The summed E-state index contributed by atoms with van der Waals surface area (Å²) in [4.78, 5) is 19.5. The second kappa shape index (κ2) is 6.55. The molecule has 0 bridgehead atoms. The van der Waals surface area contributed by atoms with Crippen molar-refractivity contribution >= 4 is 34.4 Å². The molecule has 0 radical (unpaired) electrons. The monoisotopic (exact) mass is 350 g/mol. The van der Waals surface area contributed by atoms with Crippen LogP contribution in [-0.2, 0) is 6.54 Å². The molecule has 17 heavy (non-hydrogen) atoms. The standard InChI is InChI=1S/C9H15IN6O/c1-6-13-4-7(8(11)15-6)5-14-9(17)16(12)3-2-10/h4H,2-3,5,12H2,1H3,(H,14,17)(H2,11,13,15). The average Bonchev–Trinajstić information content (AvgIpc) is 2.27. The molecule has 0 spiro atoms. The van der Waals surface area contributed by atoms with Gasteiger partial charge in [-0.1, -0.05) is 22.6 Å². The van der Waals surface area contributed by atoms with Crippen LogP contribution in [0.5, 0.6) is 0 Å². The van der Waals surface area contributed by atoms with Gasteiger partial charge in [0, 0.05) is 29.3 Å². The van der Waals surface area contributed by atoms with E-state index in [9.17, 15) is 4.79 Å². The molecule has 0 aromatic carbocycles. The largest absolute Gasteiger partial charge is 0.383 e. The number of carbonyl (C=O) groups is 1. The van der Waals surface area contributed by atoms with Gasteiger partial charge in [0.1, 0.15) is 11.6 Å². The predicted molar refractivity (Wildman–Crippen MR) is 73.2 cm³/mol. The number of nitrogens with zero attached hydrogens (tertiary/aromatic N) is 3. The number of nitrogens with one attached hydrogen (secondary N) is 1. The van der Waals surface area contributed by atoms with Gasteiger partial charge < -0.3 is 11.1 Å². The fourth-order valence-corrected chi connectivity index (χ4v) is 1.63. The molecule has 0 atom stereocenters.